The van der Waals surface area contributed by atoms with Gasteiger partial charge < -0.3 is 5.32 Å². The Hall–Kier alpha value is -2.52. The van der Waals surface area contributed by atoms with Crippen molar-refractivity contribution < 1.29 is 18.0 Å². The number of benzene rings is 2. The molecule has 0 bridgehead atoms. The highest BCUT2D eigenvalue weighted by molar-refractivity contribution is 7.89. The van der Waals surface area contributed by atoms with Gasteiger partial charge in [0.1, 0.15) is 4.90 Å². The molecule has 0 aliphatic rings. The van der Waals surface area contributed by atoms with E-state index in [1.54, 1.807) is 6.07 Å². The van der Waals surface area contributed by atoms with Crippen LogP contribution in [0.2, 0.25) is 5.02 Å². The Morgan fingerprint density at radius 2 is 1.93 bits per heavy atom. The molecule has 1 N–H and O–H groups in total. The number of anilines is 1. The van der Waals surface area contributed by atoms with Gasteiger partial charge >= 0.3 is 0 Å². The van der Waals surface area contributed by atoms with Gasteiger partial charge in [-0.15, -0.1) is 0 Å². The van der Waals surface area contributed by atoms with E-state index in [9.17, 15) is 13.2 Å². The molecule has 1 aromatic heterocycles. The van der Waals surface area contributed by atoms with E-state index in [1.807, 2.05) is 24.3 Å². The van der Waals surface area contributed by atoms with Crippen molar-refractivity contribution in [1.82, 2.24) is 9.45 Å². The summed E-state index contributed by atoms with van der Waals surface area (Å²) in [5.41, 5.74) is 1.43. The lowest BCUT2D eigenvalue weighted by molar-refractivity contribution is -0.0258. The van der Waals surface area contributed by atoms with Gasteiger partial charge in [0.15, 0.2) is 0 Å². The number of sulfonamides is 1. The summed E-state index contributed by atoms with van der Waals surface area (Å²) in [5, 5.41) is 3.57. The number of aromatic nitrogens is 1. The van der Waals surface area contributed by atoms with E-state index in [2.05, 4.69) is 10.3 Å². The first-order valence-corrected chi connectivity index (χ1v) is 9.63. The number of nitrogens with one attached hydrogen (secondary N) is 1. The Labute approximate surface area is 161 Å². The third kappa shape index (κ3) is 3.93. The third-order valence-electron chi connectivity index (χ3n) is 3.92. The van der Waals surface area contributed by atoms with E-state index < -0.39 is 15.9 Å². The zero-order chi connectivity index (χ0) is 19.6. The average molecular weight is 406 g/mol. The molecule has 1 amide bonds. The summed E-state index contributed by atoms with van der Waals surface area (Å²) >= 11 is 6.01. The zero-order valence-corrected chi connectivity index (χ0v) is 16.1. The zero-order valence-electron chi connectivity index (χ0n) is 14.5. The van der Waals surface area contributed by atoms with Crippen molar-refractivity contribution >= 4 is 44.1 Å². The molecule has 9 heteroatoms. The van der Waals surface area contributed by atoms with Crippen molar-refractivity contribution in [3.63, 3.8) is 0 Å². The van der Waals surface area contributed by atoms with Gasteiger partial charge in [-0.2, -0.15) is 0 Å². The molecular weight excluding hydrogens is 390 g/mol. The summed E-state index contributed by atoms with van der Waals surface area (Å²) < 4.78 is 25.5. The Morgan fingerprint density at radius 3 is 2.67 bits per heavy atom. The predicted octanol–water partition coefficient (Wildman–Crippen LogP) is 3.32. The number of pyridine rings is 1. The van der Waals surface area contributed by atoms with Crippen molar-refractivity contribution in [1.29, 1.82) is 0 Å². The van der Waals surface area contributed by atoms with Gasteiger partial charge in [0.2, 0.25) is 0 Å². The van der Waals surface area contributed by atoms with Gasteiger partial charge in [-0.25, -0.2) is 8.42 Å². The number of hydroxylamine groups is 1. The largest absolute Gasteiger partial charge is 0.321 e. The number of carbonyl (C=O) groups is 1. The number of halogens is 1. The Kier molecular flexibility index (Phi) is 5.43. The molecular formula is C18H16ClN3O4S. The van der Waals surface area contributed by atoms with Crippen LogP contribution >= 0.6 is 11.6 Å². The molecule has 27 heavy (non-hydrogen) atoms. The smallest absolute Gasteiger partial charge is 0.266 e. The van der Waals surface area contributed by atoms with Gasteiger partial charge in [-0.05, 0) is 30.3 Å². The predicted molar refractivity (Wildman–Crippen MR) is 103 cm³/mol. The second-order valence-corrected chi connectivity index (χ2v) is 7.92. The average Bonchev–Trinajstić information content (AvgIpc) is 2.67. The standard InChI is InChI=1S/C18H16ClN3O4S/c1-22(26-2)27(24,25)17-10-13(7-8-15(17)19)18(23)21-14-9-12-5-3-4-6-16(12)20-11-14/h3-11H,1-2H3,(H,21,23). The Bertz CT molecular complexity index is 1120. The van der Waals surface area contributed by atoms with E-state index in [0.717, 1.165) is 10.9 Å². The number of para-hydroxylation sites is 1. The van der Waals surface area contributed by atoms with Gasteiger partial charge in [0, 0.05) is 18.0 Å². The van der Waals surface area contributed by atoms with Crippen molar-refractivity contribution in [3.8, 4) is 0 Å². The number of fused-ring (bicyclic) bond motifs is 1. The maximum atomic E-state index is 12.6. The highest BCUT2D eigenvalue weighted by atomic mass is 35.5. The van der Waals surface area contributed by atoms with Crippen LogP contribution in [-0.2, 0) is 14.9 Å². The highest BCUT2D eigenvalue weighted by Gasteiger charge is 2.25. The molecule has 0 saturated heterocycles. The van der Waals surface area contributed by atoms with Gasteiger partial charge in [-0.3, -0.25) is 14.6 Å². The molecule has 3 aromatic rings. The summed E-state index contributed by atoms with van der Waals surface area (Å²) in [6.07, 6.45) is 1.53. The topological polar surface area (TPSA) is 88.6 Å². The number of carbonyl (C=O) groups excluding carboxylic acids is 1. The first-order chi connectivity index (χ1) is 12.8. The summed E-state index contributed by atoms with van der Waals surface area (Å²) in [6, 6.07) is 13.3. The minimum absolute atomic E-state index is 0.0113. The highest BCUT2D eigenvalue weighted by Crippen LogP contribution is 2.26. The minimum atomic E-state index is -3.99. The molecule has 0 unspecified atom stereocenters. The minimum Gasteiger partial charge on any atom is -0.321 e. The number of rotatable bonds is 5. The van der Waals surface area contributed by atoms with Crippen LogP contribution in [0.1, 0.15) is 10.4 Å². The van der Waals surface area contributed by atoms with Crippen LogP contribution < -0.4 is 5.32 Å². The number of hydrogen-bond acceptors (Lipinski definition) is 5. The fraction of sp³-hybridized carbons (Fsp3) is 0.111. The first-order valence-electron chi connectivity index (χ1n) is 7.81. The Balaban J connectivity index is 1.91. The second-order valence-electron chi connectivity index (χ2n) is 5.61. The molecule has 2 aromatic carbocycles. The molecule has 1 heterocycles. The lowest BCUT2D eigenvalue weighted by Gasteiger charge is -2.16. The van der Waals surface area contributed by atoms with Gasteiger partial charge in [0.25, 0.3) is 15.9 Å². The quantitative estimate of drug-likeness (QED) is 0.658. The molecule has 3 rings (SSSR count). The van der Waals surface area contributed by atoms with Crippen LogP contribution in [0.3, 0.4) is 0 Å². The molecule has 0 saturated carbocycles. The number of hydrogen-bond donors (Lipinski definition) is 1. The second kappa shape index (κ2) is 7.61. The van der Waals surface area contributed by atoms with Crippen LogP contribution in [0, 0.1) is 0 Å². The number of nitrogens with zero attached hydrogens (tertiary/aromatic N) is 2. The molecule has 0 spiro atoms. The monoisotopic (exact) mass is 405 g/mol. The van der Waals surface area contributed by atoms with E-state index in [0.29, 0.717) is 10.2 Å². The van der Waals surface area contributed by atoms with Gasteiger partial charge in [0.05, 0.1) is 29.5 Å². The molecule has 7 nitrogen and oxygen atoms in total. The van der Waals surface area contributed by atoms with Crippen molar-refractivity contribution in [2.75, 3.05) is 19.5 Å². The number of amides is 1. The molecule has 0 atom stereocenters. The summed E-state index contributed by atoms with van der Waals surface area (Å²) in [7, 11) is -1.54. The Morgan fingerprint density at radius 1 is 1.19 bits per heavy atom. The fourth-order valence-electron chi connectivity index (χ4n) is 2.42. The van der Waals surface area contributed by atoms with E-state index >= 15 is 0 Å². The van der Waals surface area contributed by atoms with E-state index in [-0.39, 0.29) is 15.5 Å². The van der Waals surface area contributed by atoms with E-state index in [4.69, 9.17) is 16.4 Å². The van der Waals surface area contributed by atoms with Crippen molar-refractivity contribution in [2.24, 2.45) is 0 Å². The van der Waals surface area contributed by atoms with Crippen LogP contribution in [0.15, 0.2) is 59.6 Å². The fourth-order valence-corrected chi connectivity index (χ4v) is 3.90. The maximum absolute atomic E-state index is 12.6. The molecule has 0 aliphatic heterocycles. The lowest BCUT2D eigenvalue weighted by Crippen LogP contribution is -2.26. The van der Waals surface area contributed by atoms with Crippen molar-refractivity contribution in [2.45, 2.75) is 4.90 Å². The van der Waals surface area contributed by atoms with E-state index in [1.165, 1.54) is 38.6 Å². The molecule has 140 valence electrons. The SMILES string of the molecule is CON(C)S(=O)(=O)c1cc(C(=O)Nc2cnc3ccccc3c2)ccc1Cl. The van der Waals surface area contributed by atoms with Crippen LogP contribution in [0.5, 0.6) is 0 Å². The summed E-state index contributed by atoms with van der Waals surface area (Å²) in [5.74, 6) is -0.486. The summed E-state index contributed by atoms with van der Waals surface area (Å²) in [6.45, 7) is 0. The first kappa shape index (κ1) is 19.2. The maximum Gasteiger partial charge on any atom is 0.266 e. The normalized spacial score (nSPS) is 11.7. The summed E-state index contributed by atoms with van der Waals surface area (Å²) in [4.78, 5) is 21.4. The molecule has 0 fully saturated rings. The third-order valence-corrected chi connectivity index (χ3v) is 6.08. The van der Waals surface area contributed by atoms with Gasteiger partial charge in [-0.1, -0.05) is 34.3 Å². The van der Waals surface area contributed by atoms with Crippen LogP contribution in [0.25, 0.3) is 10.9 Å². The molecule has 0 aliphatic carbocycles. The van der Waals surface area contributed by atoms with Crippen LogP contribution in [-0.4, -0.2) is 37.9 Å². The van der Waals surface area contributed by atoms with Crippen LogP contribution in [0.4, 0.5) is 5.69 Å². The lowest BCUT2D eigenvalue weighted by atomic mass is 10.2. The van der Waals surface area contributed by atoms with Crippen molar-refractivity contribution in [3.05, 3.63) is 65.3 Å². The molecule has 0 radical (unpaired) electrons.